The number of amides is 2. The largest absolute Gasteiger partial charge is 0.350 e. The number of fused-ring (bicyclic) bond motifs is 3. The molecule has 0 spiro atoms. The lowest BCUT2D eigenvalue weighted by atomic mass is 9.86. The topological polar surface area (TPSA) is 120 Å². The summed E-state index contributed by atoms with van der Waals surface area (Å²) in [6, 6.07) is 15.3. The van der Waals surface area contributed by atoms with Crippen LogP contribution in [0.5, 0.6) is 0 Å². The van der Waals surface area contributed by atoms with E-state index in [0.29, 0.717) is 24.5 Å². The van der Waals surface area contributed by atoms with Crippen molar-refractivity contribution in [2.45, 2.75) is 19.3 Å². The quantitative estimate of drug-likeness (QED) is 0.367. The first-order valence-corrected chi connectivity index (χ1v) is 11.4. The first-order valence-electron chi connectivity index (χ1n) is 11.4. The van der Waals surface area contributed by atoms with Gasteiger partial charge in [0, 0.05) is 30.9 Å². The van der Waals surface area contributed by atoms with E-state index < -0.39 is 5.41 Å². The van der Waals surface area contributed by atoms with Crippen LogP contribution in [0.1, 0.15) is 29.8 Å². The molecule has 0 fully saturated rings. The molecule has 35 heavy (non-hydrogen) atoms. The number of carbonyl (C=O) groups is 2. The van der Waals surface area contributed by atoms with E-state index in [4.69, 9.17) is 4.98 Å². The highest BCUT2D eigenvalue weighted by Crippen LogP contribution is 2.43. The van der Waals surface area contributed by atoms with Gasteiger partial charge in [0.1, 0.15) is 5.69 Å². The van der Waals surface area contributed by atoms with E-state index in [1.165, 1.54) is 6.20 Å². The predicted molar refractivity (Wildman–Crippen MR) is 133 cm³/mol. The molecule has 3 N–H and O–H groups in total. The Morgan fingerprint density at radius 1 is 1.11 bits per heavy atom. The van der Waals surface area contributed by atoms with Crippen molar-refractivity contribution in [3.8, 4) is 11.5 Å². The Morgan fingerprint density at radius 3 is 2.80 bits per heavy atom. The van der Waals surface area contributed by atoms with Crippen molar-refractivity contribution in [1.29, 1.82) is 0 Å². The van der Waals surface area contributed by atoms with Gasteiger partial charge in [0.2, 0.25) is 5.91 Å². The van der Waals surface area contributed by atoms with Crippen LogP contribution in [0, 0.1) is 0 Å². The van der Waals surface area contributed by atoms with Crippen molar-refractivity contribution in [2.75, 3.05) is 18.0 Å². The maximum absolute atomic E-state index is 13.3. The Hall–Kier alpha value is -4.53. The molecule has 3 aromatic heterocycles. The third-order valence-corrected chi connectivity index (χ3v) is 6.58. The number of benzene rings is 2. The lowest BCUT2D eigenvalue weighted by Crippen LogP contribution is -2.41. The fraction of sp³-hybridized carbons (Fsp3) is 0.192. The molecule has 0 aliphatic carbocycles. The van der Waals surface area contributed by atoms with Crippen LogP contribution in [-0.2, 0) is 10.2 Å². The maximum Gasteiger partial charge on any atom is 0.252 e. The van der Waals surface area contributed by atoms with Crippen molar-refractivity contribution in [3.05, 3.63) is 72.1 Å². The molecule has 9 nitrogen and oxygen atoms in total. The first kappa shape index (κ1) is 21.0. The van der Waals surface area contributed by atoms with Crippen LogP contribution in [0.4, 0.5) is 5.69 Å². The molecule has 1 aliphatic rings. The van der Waals surface area contributed by atoms with Gasteiger partial charge in [-0.3, -0.25) is 19.7 Å². The summed E-state index contributed by atoms with van der Waals surface area (Å²) in [4.78, 5) is 39.5. The molecule has 0 atom stereocenters. The molecule has 0 bridgehead atoms. The Morgan fingerprint density at radius 2 is 1.97 bits per heavy atom. The number of aromatic nitrogens is 5. The summed E-state index contributed by atoms with van der Waals surface area (Å²) in [5, 5.41) is 11.4. The molecule has 0 saturated heterocycles. The number of para-hydroxylation sites is 1. The van der Waals surface area contributed by atoms with Crippen LogP contribution < -0.4 is 10.2 Å². The number of hydrogen-bond acceptors (Lipinski definition) is 5. The predicted octanol–water partition coefficient (Wildman–Crippen LogP) is 3.56. The number of nitrogens with one attached hydrogen (secondary N) is 3. The molecule has 0 saturated carbocycles. The van der Waals surface area contributed by atoms with Gasteiger partial charge in [-0.05, 0) is 49.7 Å². The zero-order valence-electron chi connectivity index (χ0n) is 19.3. The Kier molecular flexibility index (Phi) is 4.67. The van der Waals surface area contributed by atoms with Gasteiger partial charge in [-0.25, -0.2) is 4.98 Å². The van der Waals surface area contributed by atoms with E-state index in [1.807, 2.05) is 50.2 Å². The second kappa shape index (κ2) is 7.76. The summed E-state index contributed by atoms with van der Waals surface area (Å²) in [6.45, 7) is 4.52. The standard InChI is InChI=1S/C26H23N7O2/c1-26(2)17-12-19-20(30-23(29-19)22-16-7-3-4-8-18(16)31-32-22)13-21(17)33(25(26)35)11-10-28-24(34)15-6-5-9-27-14-15/h3-9,12-14H,10-11H2,1-2H3,(H,28,34)(H,29,30)(H,31,32). The number of rotatable bonds is 5. The molecule has 5 aromatic rings. The number of hydrogen-bond donors (Lipinski definition) is 3. The Bertz CT molecular complexity index is 1600. The zero-order chi connectivity index (χ0) is 24.2. The molecule has 2 amide bonds. The van der Waals surface area contributed by atoms with Gasteiger partial charge in [-0.1, -0.05) is 18.2 Å². The summed E-state index contributed by atoms with van der Waals surface area (Å²) in [5.41, 5.74) is 4.81. The van der Waals surface area contributed by atoms with Crippen LogP contribution in [0.15, 0.2) is 60.9 Å². The lowest BCUT2D eigenvalue weighted by molar-refractivity contribution is -0.122. The first-order chi connectivity index (χ1) is 16.9. The number of imidazole rings is 1. The zero-order valence-corrected chi connectivity index (χ0v) is 19.3. The average molecular weight is 466 g/mol. The highest BCUT2D eigenvalue weighted by atomic mass is 16.2. The normalized spacial score (nSPS) is 14.6. The van der Waals surface area contributed by atoms with E-state index in [2.05, 4.69) is 25.5 Å². The highest BCUT2D eigenvalue weighted by Gasteiger charge is 2.44. The minimum atomic E-state index is -0.699. The van der Waals surface area contributed by atoms with Gasteiger partial charge in [0.15, 0.2) is 5.82 Å². The number of aromatic amines is 2. The third kappa shape index (κ3) is 3.35. The molecule has 0 radical (unpaired) electrons. The Balaban J connectivity index is 1.31. The molecule has 1 aliphatic heterocycles. The lowest BCUT2D eigenvalue weighted by Gasteiger charge is -2.20. The second-order valence-electron chi connectivity index (χ2n) is 9.17. The number of anilines is 1. The molecule has 9 heteroatoms. The van der Waals surface area contributed by atoms with E-state index in [0.717, 1.165) is 38.9 Å². The third-order valence-electron chi connectivity index (χ3n) is 6.58. The molecule has 4 heterocycles. The molecular formula is C26H23N7O2. The van der Waals surface area contributed by atoms with Crippen molar-refractivity contribution in [2.24, 2.45) is 0 Å². The van der Waals surface area contributed by atoms with Crippen molar-refractivity contribution in [3.63, 3.8) is 0 Å². The van der Waals surface area contributed by atoms with Crippen LogP contribution in [0.3, 0.4) is 0 Å². The maximum atomic E-state index is 13.3. The van der Waals surface area contributed by atoms with E-state index in [1.54, 1.807) is 23.2 Å². The number of nitrogens with zero attached hydrogens (tertiary/aromatic N) is 4. The van der Waals surface area contributed by atoms with Gasteiger partial charge in [-0.15, -0.1) is 0 Å². The molecule has 174 valence electrons. The number of carbonyl (C=O) groups excluding carboxylic acids is 2. The summed E-state index contributed by atoms with van der Waals surface area (Å²) in [7, 11) is 0. The van der Waals surface area contributed by atoms with E-state index >= 15 is 0 Å². The Labute approximate surface area is 200 Å². The van der Waals surface area contributed by atoms with Crippen molar-refractivity contribution >= 4 is 39.4 Å². The van der Waals surface area contributed by atoms with Gasteiger partial charge < -0.3 is 15.2 Å². The molecule has 6 rings (SSSR count). The van der Waals surface area contributed by atoms with Gasteiger partial charge in [0.25, 0.3) is 5.91 Å². The van der Waals surface area contributed by atoms with E-state index in [-0.39, 0.29) is 11.8 Å². The molecule has 2 aromatic carbocycles. The van der Waals surface area contributed by atoms with Gasteiger partial charge in [0.05, 0.1) is 33.2 Å². The summed E-state index contributed by atoms with van der Waals surface area (Å²) >= 11 is 0. The van der Waals surface area contributed by atoms with Crippen molar-refractivity contribution in [1.82, 2.24) is 30.5 Å². The molecule has 0 unspecified atom stereocenters. The van der Waals surface area contributed by atoms with Crippen LogP contribution in [-0.4, -0.2) is 50.1 Å². The van der Waals surface area contributed by atoms with E-state index in [9.17, 15) is 9.59 Å². The highest BCUT2D eigenvalue weighted by molar-refractivity contribution is 6.09. The van der Waals surface area contributed by atoms with Crippen molar-refractivity contribution < 1.29 is 9.59 Å². The summed E-state index contributed by atoms with van der Waals surface area (Å²) in [6.07, 6.45) is 3.14. The fourth-order valence-corrected chi connectivity index (χ4v) is 4.69. The monoisotopic (exact) mass is 465 g/mol. The van der Waals surface area contributed by atoms with Gasteiger partial charge in [-0.2, -0.15) is 5.10 Å². The minimum absolute atomic E-state index is 0.00528. The van der Waals surface area contributed by atoms with Crippen LogP contribution >= 0.6 is 0 Å². The summed E-state index contributed by atoms with van der Waals surface area (Å²) < 4.78 is 0. The minimum Gasteiger partial charge on any atom is -0.350 e. The number of H-pyrrole nitrogens is 2. The SMILES string of the molecule is CC1(C)C(=O)N(CCNC(=O)c2cccnc2)c2cc3[nH]c(-c4n[nH]c5ccccc45)nc3cc21. The van der Waals surface area contributed by atoms with Crippen LogP contribution in [0.25, 0.3) is 33.5 Å². The van der Waals surface area contributed by atoms with Gasteiger partial charge >= 0.3 is 0 Å². The fourth-order valence-electron chi connectivity index (χ4n) is 4.69. The average Bonchev–Trinajstić information content (AvgIpc) is 3.53. The van der Waals surface area contributed by atoms with Crippen LogP contribution in [0.2, 0.25) is 0 Å². The second-order valence-corrected chi connectivity index (χ2v) is 9.17. The smallest absolute Gasteiger partial charge is 0.252 e. The summed E-state index contributed by atoms with van der Waals surface area (Å²) in [5.74, 6) is 0.443. The number of pyridine rings is 1. The molecular weight excluding hydrogens is 442 g/mol.